The number of aromatic nitrogens is 7. The number of halogens is 1. The lowest BCUT2D eigenvalue weighted by molar-refractivity contribution is -0.132. The van der Waals surface area contributed by atoms with Gasteiger partial charge >= 0.3 is 5.97 Å². The van der Waals surface area contributed by atoms with Gasteiger partial charge in [0.05, 0.1) is 18.7 Å². The van der Waals surface area contributed by atoms with E-state index in [0.29, 0.717) is 28.2 Å². The number of rotatable bonds is 8. The molecule has 0 bridgehead atoms. The van der Waals surface area contributed by atoms with E-state index in [9.17, 15) is 14.0 Å². The highest BCUT2D eigenvalue weighted by Crippen LogP contribution is 2.25. The molecule has 5 aromatic rings. The Labute approximate surface area is 208 Å². The van der Waals surface area contributed by atoms with Crippen LogP contribution in [0.2, 0.25) is 0 Å². The first kappa shape index (κ1) is 23.5. The number of hydrogen-bond acceptors (Lipinski definition) is 9. The minimum atomic E-state index is -0.548. The van der Waals surface area contributed by atoms with E-state index < -0.39 is 11.9 Å². The molecule has 37 heavy (non-hydrogen) atoms. The van der Waals surface area contributed by atoms with Crippen molar-refractivity contribution in [2.45, 2.75) is 19.9 Å². The van der Waals surface area contributed by atoms with Gasteiger partial charge in [0.15, 0.2) is 5.82 Å². The number of H-pyrrole nitrogens is 1. The molecule has 0 atom stereocenters. The maximum Gasteiger partial charge on any atom is 0.309 e. The highest BCUT2D eigenvalue weighted by molar-refractivity contribution is 5.91. The number of amides is 1. The molecule has 1 aromatic carbocycles. The SMILES string of the molecule is CC(=O)Oc1n[nH]cc1CC(=O)Nc1ccnc(-c2cc(-c3ccon3)n(Cc3ccccc3F)n2)n1. The number of esters is 1. The third kappa shape index (κ3) is 5.40. The summed E-state index contributed by atoms with van der Waals surface area (Å²) in [5.41, 5.74) is 2.31. The van der Waals surface area contributed by atoms with Crippen LogP contribution in [0.4, 0.5) is 10.2 Å². The summed E-state index contributed by atoms with van der Waals surface area (Å²) in [6.07, 6.45) is 4.27. The van der Waals surface area contributed by atoms with E-state index >= 15 is 0 Å². The van der Waals surface area contributed by atoms with Crippen molar-refractivity contribution in [2.24, 2.45) is 0 Å². The van der Waals surface area contributed by atoms with Crippen LogP contribution in [0.25, 0.3) is 22.9 Å². The predicted octanol–water partition coefficient (Wildman–Crippen LogP) is 3.01. The molecule has 12 nitrogen and oxygen atoms in total. The molecule has 4 aromatic heterocycles. The monoisotopic (exact) mass is 502 g/mol. The van der Waals surface area contributed by atoms with Gasteiger partial charge in [0, 0.05) is 36.5 Å². The lowest BCUT2D eigenvalue weighted by Gasteiger charge is -2.07. The van der Waals surface area contributed by atoms with Crippen molar-refractivity contribution in [3.63, 3.8) is 0 Å². The standard InChI is InChI=1S/C24H19FN8O4/c1-14(34)37-24-16(12-27-30-24)10-22(35)28-21-6-8-26-23(29-21)19-11-20(18-7-9-36-32-18)33(31-19)13-15-4-2-3-5-17(15)25/h2-9,11-12H,10,13H2,1H3,(H,27,30)(H,26,28,29,35). The molecule has 0 spiro atoms. The fourth-order valence-corrected chi connectivity index (χ4v) is 3.55. The van der Waals surface area contributed by atoms with E-state index in [4.69, 9.17) is 9.26 Å². The smallest absolute Gasteiger partial charge is 0.309 e. The summed E-state index contributed by atoms with van der Waals surface area (Å²) in [6.45, 7) is 1.38. The zero-order valence-electron chi connectivity index (χ0n) is 19.4. The highest BCUT2D eigenvalue weighted by atomic mass is 19.1. The molecule has 2 N–H and O–H groups in total. The first-order valence-electron chi connectivity index (χ1n) is 11.0. The quantitative estimate of drug-likeness (QED) is 0.305. The van der Waals surface area contributed by atoms with E-state index in [0.717, 1.165) is 0 Å². The van der Waals surface area contributed by atoms with Crippen LogP contribution in [-0.2, 0) is 22.6 Å². The van der Waals surface area contributed by atoms with Crippen molar-refractivity contribution < 1.29 is 23.2 Å². The summed E-state index contributed by atoms with van der Waals surface area (Å²) in [5.74, 6) is -0.813. The Morgan fingerprint density at radius 3 is 2.81 bits per heavy atom. The van der Waals surface area contributed by atoms with E-state index in [1.807, 2.05) is 0 Å². The van der Waals surface area contributed by atoms with Crippen molar-refractivity contribution in [1.29, 1.82) is 0 Å². The number of nitrogens with one attached hydrogen (secondary N) is 2. The van der Waals surface area contributed by atoms with Gasteiger partial charge in [-0.05, 0) is 18.2 Å². The Morgan fingerprint density at radius 1 is 1.16 bits per heavy atom. The molecular weight excluding hydrogens is 483 g/mol. The molecule has 0 aliphatic rings. The minimum absolute atomic E-state index is 0.0341. The average molecular weight is 502 g/mol. The number of aromatic amines is 1. The Balaban J connectivity index is 1.38. The Morgan fingerprint density at radius 2 is 2.03 bits per heavy atom. The van der Waals surface area contributed by atoms with E-state index in [-0.39, 0.29) is 36.3 Å². The summed E-state index contributed by atoms with van der Waals surface area (Å²) in [4.78, 5) is 32.5. The third-order valence-electron chi connectivity index (χ3n) is 5.18. The van der Waals surface area contributed by atoms with Crippen molar-refractivity contribution >= 4 is 17.7 Å². The van der Waals surface area contributed by atoms with Crippen molar-refractivity contribution in [2.75, 3.05) is 5.32 Å². The second-order valence-corrected chi connectivity index (χ2v) is 7.85. The summed E-state index contributed by atoms with van der Waals surface area (Å²) in [6, 6.07) is 11.3. The van der Waals surface area contributed by atoms with Gasteiger partial charge in [-0.2, -0.15) is 5.10 Å². The van der Waals surface area contributed by atoms with E-state index in [2.05, 4.69) is 35.7 Å². The van der Waals surface area contributed by atoms with Crippen molar-refractivity contribution in [3.8, 4) is 28.8 Å². The van der Waals surface area contributed by atoms with Gasteiger partial charge in [-0.25, -0.2) is 14.4 Å². The topological polar surface area (TPSA) is 154 Å². The Hall–Kier alpha value is -5.20. The number of ether oxygens (including phenoxy) is 1. The van der Waals surface area contributed by atoms with Crippen molar-refractivity contribution in [3.05, 3.63) is 78.1 Å². The maximum absolute atomic E-state index is 14.3. The van der Waals surface area contributed by atoms with E-state index in [1.165, 1.54) is 37.7 Å². The van der Waals surface area contributed by atoms with Gasteiger partial charge in [-0.15, -0.1) is 5.10 Å². The number of anilines is 1. The number of benzene rings is 1. The summed E-state index contributed by atoms with van der Waals surface area (Å²) < 4.78 is 25.8. The van der Waals surface area contributed by atoms with Gasteiger partial charge in [0.2, 0.25) is 11.8 Å². The van der Waals surface area contributed by atoms with Gasteiger partial charge < -0.3 is 14.6 Å². The second-order valence-electron chi connectivity index (χ2n) is 7.85. The molecule has 0 aliphatic carbocycles. The molecule has 4 heterocycles. The summed E-state index contributed by atoms with van der Waals surface area (Å²) >= 11 is 0. The molecule has 186 valence electrons. The predicted molar refractivity (Wildman–Crippen MR) is 126 cm³/mol. The normalized spacial score (nSPS) is 10.9. The molecule has 0 unspecified atom stereocenters. The molecule has 0 saturated heterocycles. The van der Waals surface area contributed by atoms with Crippen LogP contribution in [0.5, 0.6) is 5.88 Å². The molecule has 1 amide bonds. The summed E-state index contributed by atoms with van der Waals surface area (Å²) in [7, 11) is 0. The van der Waals surface area contributed by atoms with Crippen LogP contribution in [0, 0.1) is 5.82 Å². The van der Waals surface area contributed by atoms with Crippen LogP contribution >= 0.6 is 0 Å². The Bertz CT molecular complexity index is 1560. The van der Waals surface area contributed by atoms with Crippen LogP contribution in [0.3, 0.4) is 0 Å². The van der Waals surface area contributed by atoms with Crippen molar-refractivity contribution in [1.82, 2.24) is 35.1 Å². The van der Waals surface area contributed by atoms with Gasteiger partial charge in [0.25, 0.3) is 0 Å². The zero-order valence-corrected chi connectivity index (χ0v) is 19.4. The maximum atomic E-state index is 14.3. The molecule has 0 aliphatic heterocycles. The second kappa shape index (κ2) is 10.2. The zero-order chi connectivity index (χ0) is 25.8. The van der Waals surface area contributed by atoms with Crippen LogP contribution in [-0.4, -0.2) is 47.0 Å². The molecule has 0 saturated carbocycles. The molecule has 0 radical (unpaired) electrons. The number of nitrogens with zero attached hydrogens (tertiary/aromatic N) is 6. The summed E-state index contributed by atoms with van der Waals surface area (Å²) in [5, 5.41) is 17.6. The average Bonchev–Trinajstić information content (AvgIpc) is 3.62. The number of carbonyl (C=O) groups is 2. The number of carbonyl (C=O) groups excluding carboxylic acids is 2. The largest absolute Gasteiger partial charge is 0.406 e. The number of hydrogen-bond donors (Lipinski definition) is 2. The fourth-order valence-electron chi connectivity index (χ4n) is 3.55. The lowest BCUT2D eigenvalue weighted by atomic mass is 10.2. The van der Waals surface area contributed by atoms with Gasteiger partial charge in [0.1, 0.15) is 29.3 Å². The molecule has 5 rings (SSSR count). The first-order valence-corrected chi connectivity index (χ1v) is 11.0. The molecular formula is C24H19FN8O4. The minimum Gasteiger partial charge on any atom is -0.406 e. The highest BCUT2D eigenvalue weighted by Gasteiger charge is 2.18. The molecule has 13 heteroatoms. The third-order valence-corrected chi connectivity index (χ3v) is 5.18. The van der Waals surface area contributed by atoms with Crippen LogP contribution in [0.15, 0.2) is 65.6 Å². The Kier molecular flexibility index (Phi) is 6.48. The van der Waals surface area contributed by atoms with E-state index in [1.54, 1.807) is 35.0 Å². The lowest BCUT2D eigenvalue weighted by Crippen LogP contribution is -2.16. The van der Waals surface area contributed by atoms with Gasteiger partial charge in [-0.1, -0.05) is 23.4 Å². The fraction of sp³-hybridized carbons (Fsp3) is 0.125. The van der Waals surface area contributed by atoms with Gasteiger partial charge in [-0.3, -0.25) is 19.4 Å². The molecule has 0 fully saturated rings. The first-order chi connectivity index (χ1) is 18.0. The van der Waals surface area contributed by atoms with Crippen LogP contribution in [0.1, 0.15) is 18.1 Å². The van der Waals surface area contributed by atoms with Crippen LogP contribution < -0.4 is 10.1 Å².